The molecule has 0 bridgehead atoms. The van der Waals surface area contributed by atoms with Crippen molar-refractivity contribution in [3.8, 4) is 0 Å². The lowest BCUT2D eigenvalue weighted by molar-refractivity contribution is -0.384. The van der Waals surface area contributed by atoms with Crippen LogP contribution in [0.1, 0.15) is 5.56 Å². The minimum atomic E-state index is -4.61. The molecule has 3 nitrogen and oxygen atoms in total. The van der Waals surface area contributed by atoms with Gasteiger partial charge in [-0.1, -0.05) is 11.6 Å². The highest BCUT2D eigenvalue weighted by molar-refractivity contribution is 6.32. The molecule has 0 aliphatic carbocycles. The molecule has 1 rings (SSSR count). The average Bonchev–Trinajstić information content (AvgIpc) is 2.17. The Balaban J connectivity index is 2.96. The lowest BCUT2D eigenvalue weighted by Crippen LogP contribution is -2.06. The molecule has 0 aliphatic rings. The molecule has 0 saturated carbocycles. The summed E-state index contributed by atoms with van der Waals surface area (Å²) < 4.78 is 36.1. The molecule has 86 valence electrons. The fourth-order valence-electron chi connectivity index (χ4n) is 0.920. The summed E-state index contributed by atoms with van der Waals surface area (Å²) in [7, 11) is 0. The van der Waals surface area contributed by atoms with E-state index in [-0.39, 0.29) is 11.3 Å². The van der Waals surface area contributed by atoms with Crippen molar-refractivity contribution in [2.24, 2.45) is 0 Å². The zero-order chi connectivity index (χ0) is 12.3. The van der Waals surface area contributed by atoms with Crippen LogP contribution in [0.2, 0.25) is 0 Å². The second-order valence-electron chi connectivity index (χ2n) is 2.84. The molecule has 0 heterocycles. The largest absolute Gasteiger partial charge is 0.426 e. The fraction of sp³-hybridized carbons (Fsp3) is 0.111. The van der Waals surface area contributed by atoms with Gasteiger partial charge in [-0.25, -0.2) is 0 Å². The molecule has 0 saturated heterocycles. The number of hydrogen-bond donors (Lipinski definition) is 0. The van der Waals surface area contributed by atoms with Gasteiger partial charge in [-0.15, -0.1) is 0 Å². The maximum atomic E-state index is 12.0. The highest BCUT2D eigenvalue weighted by Gasteiger charge is 2.32. The van der Waals surface area contributed by atoms with Gasteiger partial charge < -0.3 is 0 Å². The molecule has 0 N–H and O–H groups in total. The van der Waals surface area contributed by atoms with E-state index in [0.29, 0.717) is 6.08 Å². The second-order valence-corrected chi connectivity index (χ2v) is 3.25. The van der Waals surface area contributed by atoms with Crippen LogP contribution in [0.3, 0.4) is 0 Å². The van der Waals surface area contributed by atoms with Gasteiger partial charge in [0.05, 0.1) is 4.92 Å². The van der Waals surface area contributed by atoms with Crippen LogP contribution in [-0.2, 0) is 0 Å². The number of hydrogen-bond acceptors (Lipinski definition) is 2. The first-order valence-corrected chi connectivity index (χ1v) is 4.37. The van der Waals surface area contributed by atoms with Crippen molar-refractivity contribution in [1.29, 1.82) is 0 Å². The molecule has 0 atom stereocenters. The zero-order valence-corrected chi connectivity index (χ0v) is 8.42. The van der Waals surface area contributed by atoms with Crippen LogP contribution in [0.5, 0.6) is 0 Å². The molecule has 1 aromatic rings. The number of halogens is 4. The highest BCUT2D eigenvalue weighted by atomic mass is 35.5. The molecule has 0 unspecified atom stereocenters. The van der Waals surface area contributed by atoms with Crippen LogP contribution < -0.4 is 0 Å². The Bertz CT molecular complexity index is 425. The van der Waals surface area contributed by atoms with E-state index in [1.165, 1.54) is 12.1 Å². The summed E-state index contributed by atoms with van der Waals surface area (Å²) in [4.78, 5) is 9.64. The van der Waals surface area contributed by atoms with E-state index in [1.807, 2.05) is 0 Å². The average molecular weight is 252 g/mol. The number of alkyl halides is 3. The monoisotopic (exact) mass is 251 g/mol. The summed E-state index contributed by atoms with van der Waals surface area (Å²) in [6.07, 6.45) is -3.91. The third-order valence-corrected chi connectivity index (χ3v) is 1.99. The van der Waals surface area contributed by atoms with Crippen molar-refractivity contribution < 1.29 is 18.1 Å². The van der Waals surface area contributed by atoms with Gasteiger partial charge >= 0.3 is 6.18 Å². The number of non-ortho nitro benzene ring substituents is 1. The maximum Gasteiger partial charge on any atom is 0.426 e. The normalized spacial score (nSPS) is 12.6. The van der Waals surface area contributed by atoms with Crippen molar-refractivity contribution in [2.45, 2.75) is 6.18 Å². The molecule has 7 heteroatoms. The van der Waals surface area contributed by atoms with Crippen LogP contribution in [-0.4, -0.2) is 11.1 Å². The van der Waals surface area contributed by atoms with Crippen molar-refractivity contribution in [1.82, 2.24) is 0 Å². The Morgan fingerprint density at radius 2 is 1.81 bits per heavy atom. The van der Waals surface area contributed by atoms with Crippen LogP contribution in [0.15, 0.2) is 29.3 Å². The lowest BCUT2D eigenvalue weighted by Gasteiger charge is -2.03. The van der Waals surface area contributed by atoms with Crippen molar-refractivity contribution in [2.75, 3.05) is 0 Å². The van der Waals surface area contributed by atoms with E-state index < -0.39 is 16.1 Å². The second kappa shape index (κ2) is 4.52. The molecule has 0 fully saturated rings. The molecule has 0 amide bonds. The molecular formula is C9H5ClF3NO2. The number of rotatable bonds is 2. The molecule has 1 aromatic carbocycles. The van der Waals surface area contributed by atoms with Crippen LogP contribution >= 0.6 is 11.6 Å². The Morgan fingerprint density at radius 3 is 2.19 bits per heavy atom. The number of nitro benzene ring substituents is 1. The maximum absolute atomic E-state index is 12.0. The van der Waals surface area contributed by atoms with Gasteiger partial charge in [0.2, 0.25) is 0 Å². The highest BCUT2D eigenvalue weighted by Crippen LogP contribution is 2.30. The number of nitro groups is 1. The standard InChI is InChI=1S/C9H5ClF3NO2/c10-8(9(11,12)13)5-6-1-3-7(4-2-6)14(15)16/h1-5H/b8-5+. The van der Waals surface area contributed by atoms with E-state index in [0.717, 1.165) is 12.1 Å². The summed E-state index contributed by atoms with van der Waals surface area (Å²) in [5.41, 5.74) is -0.0480. The van der Waals surface area contributed by atoms with Crippen LogP contribution in [0, 0.1) is 10.1 Å². The first-order valence-electron chi connectivity index (χ1n) is 3.99. The van der Waals surface area contributed by atoms with Gasteiger partial charge in [-0.3, -0.25) is 10.1 Å². The molecule has 0 radical (unpaired) electrons. The first-order chi connectivity index (χ1) is 7.30. The predicted molar refractivity (Wildman–Crippen MR) is 53.0 cm³/mol. The van der Waals surface area contributed by atoms with Crippen LogP contribution in [0.25, 0.3) is 6.08 Å². The smallest absolute Gasteiger partial charge is 0.258 e. The summed E-state index contributed by atoms with van der Waals surface area (Å²) in [5, 5.41) is 9.00. The van der Waals surface area contributed by atoms with Gasteiger partial charge in [-0.2, -0.15) is 13.2 Å². The van der Waals surface area contributed by atoms with Gasteiger partial charge in [0, 0.05) is 12.1 Å². The Morgan fingerprint density at radius 1 is 1.31 bits per heavy atom. The zero-order valence-electron chi connectivity index (χ0n) is 7.66. The third kappa shape index (κ3) is 3.23. The minimum Gasteiger partial charge on any atom is -0.258 e. The first kappa shape index (κ1) is 12.5. The topological polar surface area (TPSA) is 43.1 Å². The molecule has 0 spiro atoms. The predicted octanol–water partition coefficient (Wildman–Crippen LogP) is 3.74. The summed E-state index contributed by atoms with van der Waals surface area (Å²) in [5.74, 6) is 0. The Labute approximate surface area is 93.3 Å². The van der Waals surface area contributed by atoms with Crippen molar-refractivity contribution in [3.63, 3.8) is 0 Å². The molecular weight excluding hydrogens is 247 g/mol. The quantitative estimate of drug-likeness (QED) is 0.594. The van der Waals surface area contributed by atoms with Gasteiger partial charge in [0.15, 0.2) is 0 Å². The number of benzene rings is 1. The molecule has 16 heavy (non-hydrogen) atoms. The van der Waals surface area contributed by atoms with E-state index in [2.05, 4.69) is 0 Å². The van der Waals surface area contributed by atoms with E-state index in [1.54, 1.807) is 0 Å². The Hall–Kier alpha value is -1.56. The van der Waals surface area contributed by atoms with E-state index in [9.17, 15) is 23.3 Å². The number of allylic oxidation sites excluding steroid dienone is 1. The molecule has 0 aromatic heterocycles. The fourth-order valence-corrected chi connectivity index (χ4v) is 1.05. The number of nitrogens with zero attached hydrogens (tertiary/aromatic N) is 1. The Kier molecular flexibility index (Phi) is 3.54. The SMILES string of the molecule is O=[N+]([O-])c1ccc(/C=C(/Cl)C(F)(F)F)cc1. The van der Waals surface area contributed by atoms with E-state index in [4.69, 9.17) is 11.6 Å². The van der Waals surface area contributed by atoms with Gasteiger partial charge in [0.1, 0.15) is 5.03 Å². The van der Waals surface area contributed by atoms with E-state index >= 15 is 0 Å². The summed E-state index contributed by atoms with van der Waals surface area (Å²) in [6.45, 7) is 0. The summed E-state index contributed by atoms with van der Waals surface area (Å²) >= 11 is 5.00. The summed E-state index contributed by atoms with van der Waals surface area (Å²) in [6, 6.07) is 4.58. The van der Waals surface area contributed by atoms with Gasteiger partial charge in [-0.05, 0) is 23.8 Å². The van der Waals surface area contributed by atoms with Crippen molar-refractivity contribution in [3.05, 3.63) is 45.0 Å². The minimum absolute atomic E-state index is 0.146. The lowest BCUT2D eigenvalue weighted by atomic mass is 10.2. The molecule has 0 aliphatic heterocycles. The van der Waals surface area contributed by atoms with Crippen molar-refractivity contribution >= 4 is 23.4 Å². The third-order valence-electron chi connectivity index (χ3n) is 1.67. The van der Waals surface area contributed by atoms with Crippen LogP contribution in [0.4, 0.5) is 18.9 Å². The van der Waals surface area contributed by atoms with Gasteiger partial charge in [0.25, 0.3) is 5.69 Å².